The van der Waals surface area contributed by atoms with Crippen LogP contribution < -0.4 is 9.64 Å². The fourth-order valence-corrected chi connectivity index (χ4v) is 6.95. The summed E-state index contributed by atoms with van der Waals surface area (Å²) in [6.07, 6.45) is 7.00. The van der Waals surface area contributed by atoms with Crippen molar-refractivity contribution in [2.24, 2.45) is 5.41 Å². The van der Waals surface area contributed by atoms with Gasteiger partial charge in [0.15, 0.2) is 5.82 Å². The van der Waals surface area contributed by atoms with E-state index in [1.807, 2.05) is 21.0 Å². The molecule has 2 aliphatic heterocycles. The first-order chi connectivity index (χ1) is 20.7. The quantitative estimate of drug-likeness (QED) is 0.273. The Balaban J connectivity index is 1.37. The van der Waals surface area contributed by atoms with E-state index in [0.717, 1.165) is 51.8 Å². The van der Waals surface area contributed by atoms with Gasteiger partial charge >= 0.3 is 6.01 Å². The summed E-state index contributed by atoms with van der Waals surface area (Å²) in [5.41, 5.74) is 0.676. The summed E-state index contributed by atoms with van der Waals surface area (Å²) in [5, 5.41) is 12.2. The number of pyridine rings is 1. The molecule has 3 aliphatic rings. The van der Waals surface area contributed by atoms with E-state index < -0.39 is 5.82 Å². The summed E-state index contributed by atoms with van der Waals surface area (Å²) in [7, 11) is 4.09. The molecule has 1 N–H and O–H groups in total. The van der Waals surface area contributed by atoms with Crippen molar-refractivity contribution >= 4 is 27.5 Å². The minimum atomic E-state index is -0.662. The molecule has 226 valence electrons. The lowest BCUT2D eigenvalue weighted by Gasteiger charge is -2.48. The summed E-state index contributed by atoms with van der Waals surface area (Å²) < 4.78 is 43.9. The molecule has 4 aromatic rings. The van der Waals surface area contributed by atoms with Crippen LogP contribution in [0.1, 0.15) is 44.6 Å². The molecule has 3 fully saturated rings. The molecule has 4 heterocycles. The van der Waals surface area contributed by atoms with Gasteiger partial charge in [-0.05, 0) is 80.7 Å². The second kappa shape index (κ2) is 10.5. The van der Waals surface area contributed by atoms with Gasteiger partial charge in [0.1, 0.15) is 28.6 Å². The van der Waals surface area contributed by atoms with Crippen LogP contribution in [-0.2, 0) is 11.2 Å². The molecule has 2 aromatic heterocycles. The van der Waals surface area contributed by atoms with E-state index >= 15 is 4.39 Å². The fraction of sp³-hybridized carbons (Fsp3) is 0.485. The number of aryl methyl sites for hydroxylation is 1. The lowest BCUT2D eigenvalue weighted by Crippen LogP contribution is -2.56. The standard InChI is InChI=1S/C33H37F2N5O3/c1-4-22-25(34)7-6-20-14-21(41)15-23(26(20)22)28-27(35)29-24(16-36-28)30(40-12-5-8-33(18-40)11-13-43-33)38-31(37-29)42-19-32(9-10-32)17-39(2)3/h6-7,14-16,41H,4-5,8-13,17-19H2,1-3H3. The van der Waals surface area contributed by atoms with Gasteiger partial charge in [0, 0.05) is 43.2 Å². The molecule has 2 saturated heterocycles. The Morgan fingerprint density at radius 3 is 2.63 bits per heavy atom. The zero-order valence-corrected chi connectivity index (χ0v) is 24.9. The number of aromatic nitrogens is 3. The number of phenols is 1. The van der Waals surface area contributed by atoms with Crippen molar-refractivity contribution in [1.29, 1.82) is 0 Å². The van der Waals surface area contributed by atoms with E-state index in [2.05, 4.69) is 19.8 Å². The van der Waals surface area contributed by atoms with Crippen molar-refractivity contribution in [3.8, 4) is 23.0 Å². The predicted molar refractivity (Wildman–Crippen MR) is 162 cm³/mol. The number of halogens is 2. The van der Waals surface area contributed by atoms with E-state index in [1.165, 1.54) is 12.1 Å². The van der Waals surface area contributed by atoms with Gasteiger partial charge < -0.3 is 24.4 Å². The van der Waals surface area contributed by atoms with Crippen LogP contribution in [0.5, 0.6) is 11.8 Å². The molecule has 43 heavy (non-hydrogen) atoms. The summed E-state index contributed by atoms with van der Waals surface area (Å²) in [5.74, 6) is -0.525. The third-order valence-electron chi connectivity index (χ3n) is 9.33. The first-order valence-corrected chi connectivity index (χ1v) is 15.2. The SMILES string of the molecule is CCc1c(F)ccc2cc(O)cc(-c3ncc4c(N5CCCC6(CCO6)C5)nc(OCC5(CN(C)C)CC5)nc4c3F)c12. The lowest BCUT2D eigenvalue weighted by atomic mass is 9.86. The largest absolute Gasteiger partial charge is 0.508 e. The predicted octanol–water partition coefficient (Wildman–Crippen LogP) is 5.87. The molecule has 0 amide bonds. The maximum atomic E-state index is 16.7. The van der Waals surface area contributed by atoms with Crippen molar-refractivity contribution in [2.75, 3.05) is 51.8 Å². The van der Waals surface area contributed by atoms with Gasteiger partial charge in [-0.1, -0.05) is 13.0 Å². The third-order valence-corrected chi connectivity index (χ3v) is 9.33. The Hall–Kier alpha value is -3.63. The molecular weight excluding hydrogens is 552 g/mol. The van der Waals surface area contributed by atoms with Crippen molar-refractivity contribution in [2.45, 2.75) is 51.0 Å². The number of aromatic hydroxyl groups is 1. The number of fused-ring (bicyclic) bond motifs is 2. The summed E-state index contributed by atoms with van der Waals surface area (Å²) in [6, 6.07) is 6.09. The number of hydrogen-bond acceptors (Lipinski definition) is 8. The van der Waals surface area contributed by atoms with Crippen LogP contribution in [0, 0.1) is 17.0 Å². The summed E-state index contributed by atoms with van der Waals surface area (Å²) in [6.45, 7) is 5.34. The normalized spacial score (nSPS) is 21.1. The van der Waals surface area contributed by atoms with Crippen molar-refractivity contribution < 1.29 is 23.4 Å². The number of benzene rings is 2. The highest BCUT2D eigenvalue weighted by atomic mass is 19.1. The maximum absolute atomic E-state index is 16.7. The van der Waals surface area contributed by atoms with E-state index in [0.29, 0.717) is 52.7 Å². The average molecular weight is 590 g/mol. The van der Waals surface area contributed by atoms with Crippen LogP contribution in [-0.4, -0.2) is 77.5 Å². The number of nitrogens with zero attached hydrogens (tertiary/aromatic N) is 5. The minimum absolute atomic E-state index is 0.00647. The second-order valence-electron chi connectivity index (χ2n) is 12.8. The molecule has 0 radical (unpaired) electrons. The molecule has 10 heteroatoms. The van der Waals surface area contributed by atoms with Crippen molar-refractivity contribution in [3.63, 3.8) is 0 Å². The molecule has 8 nitrogen and oxygen atoms in total. The van der Waals surface area contributed by atoms with E-state index in [9.17, 15) is 9.50 Å². The first-order valence-electron chi connectivity index (χ1n) is 15.2. The Labute approximate surface area is 249 Å². The van der Waals surface area contributed by atoms with Gasteiger partial charge in [-0.15, -0.1) is 0 Å². The molecule has 1 spiro atoms. The number of anilines is 1. The zero-order valence-electron chi connectivity index (χ0n) is 24.9. The van der Waals surface area contributed by atoms with Gasteiger partial charge in [0.25, 0.3) is 0 Å². The highest BCUT2D eigenvalue weighted by Gasteiger charge is 2.45. The number of phenolic OH excluding ortho intramolecular Hbond substituents is 1. The molecular formula is C33H37F2N5O3. The average Bonchev–Trinajstić information content (AvgIpc) is 3.74. The smallest absolute Gasteiger partial charge is 0.319 e. The molecule has 7 rings (SSSR count). The number of rotatable bonds is 8. The Bertz CT molecular complexity index is 1720. The van der Waals surface area contributed by atoms with Crippen LogP contribution in [0.3, 0.4) is 0 Å². The Kier molecular flexibility index (Phi) is 6.89. The Morgan fingerprint density at radius 1 is 1.12 bits per heavy atom. The second-order valence-corrected chi connectivity index (χ2v) is 12.8. The van der Waals surface area contributed by atoms with Crippen LogP contribution in [0.4, 0.5) is 14.6 Å². The molecule has 1 aliphatic carbocycles. The van der Waals surface area contributed by atoms with Crippen molar-refractivity contribution in [3.05, 3.63) is 47.7 Å². The van der Waals surface area contributed by atoms with Gasteiger partial charge in [-0.2, -0.15) is 9.97 Å². The highest BCUT2D eigenvalue weighted by Crippen LogP contribution is 2.46. The lowest BCUT2D eigenvalue weighted by molar-refractivity contribution is -0.151. The molecule has 1 atom stereocenters. The van der Waals surface area contributed by atoms with E-state index in [-0.39, 0.29) is 39.8 Å². The molecule has 0 bridgehead atoms. The van der Waals surface area contributed by atoms with Crippen LogP contribution in [0.2, 0.25) is 0 Å². The van der Waals surface area contributed by atoms with Crippen LogP contribution in [0.25, 0.3) is 32.9 Å². The van der Waals surface area contributed by atoms with Gasteiger partial charge in [-0.3, -0.25) is 4.98 Å². The van der Waals surface area contributed by atoms with Crippen molar-refractivity contribution in [1.82, 2.24) is 19.9 Å². The monoisotopic (exact) mass is 589 g/mol. The fourth-order valence-electron chi connectivity index (χ4n) is 6.95. The zero-order chi connectivity index (χ0) is 29.9. The highest BCUT2D eigenvalue weighted by molar-refractivity contribution is 6.01. The van der Waals surface area contributed by atoms with Gasteiger partial charge in [0.2, 0.25) is 0 Å². The maximum Gasteiger partial charge on any atom is 0.319 e. The van der Waals surface area contributed by atoms with E-state index in [4.69, 9.17) is 14.5 Å². The Morgan fingerprint density at radius 2 is 1.93 bits per heavy atom. The summed E-state index contributed by atoms with van der Waals surface area (Å²) >= 11 is 0. The van der Waals surface area contributed by atoms with Gasteiger partial charge in [0.05, 0.1) is 24.2 Å². The molecule has 1 saturated carbocycles. The minimum Gasteiger partial charge on any atom is -0.508 e. The summed E-state index contributed by atoms with van der Waals surface area (Å²) in [4.78, 5) is 18.3. The topological polar surface area (TPSA) is 83.8 Å². The molecule has 1 unspecified atom stereocenters. The first kappa shape index (κ1) is 28.2. The number of hydrogen-bond donors (Lipinski definition) is 1. The van der Waals surface area contributed by atoms with Gasteiger partial charge in [-0.25, -0.2) is 8.78 Å². The number of ether oxygens (including phenoxy) is 2. The number of piperidine rings is 1. The van der Waals surface area contributed by atoms with Crippen LogP contribution >= 0.6 is 0 Å². The third kappa shape index (κ3) is 5.04. The molecule has 2 aromatic carbocycles. The van der Waals surface area contributed by atoms with Crippen LogP contribution in [0.15, 0.2) is 30.5 Å². The van der Waals surface area contributed by atoms with E-state index in [1.54, 1.807) is 18.3 Å².